The van der Waals surface area contributed by atoms with Crippen molar-refractivity contribution in [3.8, 4) is 16.9 Å². The van der Waals surface area contributed by atoms with Crippen molar-refractivity contribution in [2.24, 2.45) is 16.2 Å². The molecule has 6 aromatic rings. The van der Waals surface area contributed by atoms with E-state index in [2.05, 4.69) is 40.1 Å². The Balaban J connectivity index is 0.592. The fraction of sp³-hybridized carbons (Fsp3) is 0.513. The van der Waals surface area contributed by atoms with Crippen LogP contribution in [0.25, 0.3) is 21.3 Å². The number of carboxylic acids is 2. The van der Waals surface area contributed by atoms with Crippen LogP contribution in [0.3, 0.4) is 0 Å². The number of aromatic nitrogens is 4. The number of hydrogen-bond donors (Lipinski definition) is 9. The molecule has 7 atom stereocenters. The van der Waals surface area contributed by atoms with E-state index in [1.165, 1.54) is 34.4 Å². The van der Waals surface area contributed by atoms with Gasteiger partial charge in [0.05, 0.1) is 87.2 Å². The van der Waals surface area contributed by atoms with Gasteiger partial charge < -0.3 is 89.2 Å². The fourth-order valence-electron chi connectivity index (χ4n) is 17.1. The van der Waals surface area contributed by atoms with Crippen LogP contribution in [0.2, 0.25) is 0 Å². The Bertz CT molecular complexity index is 4440. The second-order valence-electron chi connectivity index (χ2n) is 30.2. The lowest BCUT2D eigenvalue weighted by Gasteiger charge is -2.69. The first-order valence-electron chi connectivity index (χ1n) is 37.4. The van der Waals surface area contributed by atoms with Gasteiger partial charge in [0.2, 0.25) is 24.0 Å². The number of anilines is 3. The number of likely N-dealkylation sites (N-methyl/N-ethyl adjacent to an activating group) is 1. The number of fused-ring (bicyclic) bond motifs is 2. The van der Waals surface area contributed by atoms with Gasteiger partial charge in [0.15, 0.2) is 16.9 Å². The minimum absolute atomic E-state index is 0.00128. The summed E-state index contributed by atoms with van der Waals surface area (Å²) in [5.41, 5.74) is 4.46. The van der Waals surface area contributed by atoms with Crippen LogP contribution >= 0.6 is 11.3 Å². The first-order valence-corrected chi connectivity index (χ1v) is 38.2. The van der Waals surface area contributed by atoms with Gasteiger partial charge in [-0.25, -0.2) is 24.4 Å². The number of hydrogen-bond acceptors (Lipinski definition) is 25. The van der Waals surface area contributed by atoms with Crippen LogP contribution in [0, 0.1) is 23.2 Å². The minimum Gasteiger partial charge on any atom is -0.479 e. The summed E-state index contributed by atoms with van der Waals surface area (Å²) in [5, 5.41) is 68.5. The van der Waals surface area contributed by atoms with Gasteiger partial charge in [-0.05, 0) is 127 Å². The van der Waals surface area contributed by atoms with Gasteiger partial charge >= 0.3 is 18.0 Å². The zero-order valence-electron chi connectivity index (χ0n) is 62.9. The lowest BCUT2D eigenvalue weighted by atomic mass is 9.39. The molecule has 7 aliphatic rings. The monoisotopic (exact) mass is 1570 g/mol. The second-order valence-corrected chi connectivity index (χ2v) is 31.2. The number of ether oxygens (including phenoxy) is 8. The highest BCUT2D eigenvalue weighted by molar-refractivity contribution is 7.22. The fourth-order valence-corrected chi connectivity index (χ4v) is 17.9. The van der Waals surface area contributed by atoms with Crippen molar-refractivity contribution in [1.29, 1.82) is 0 Å². The summed E-state index contributed by atoms with van der Waals surface area (Å²) in [6.45, 7) is 10.2. The van der Waals surface area contributed by atoms with Gasteiger partial charge in [-0.3, -0.25) is 43.7 Å². The van der Waals surface area contributed by atoms with Crippen molar-refractivity contribution in [3.63, 3.8) is 0 Å². The molecular formula is C78H95N11O22S. The average Bonchev–Trinajstić information content (AvgIpc) is 1.03. The maximum absolute atomic E-state index is 13.8. The zero-order chi connectivity index (χ0) is 79.5. The molecule has 6 heterocycles. The van der Waals surface area contributed by atoms with E-state index in [1.54, 1.807) is 25.4 Å². The molecule has 7 amide bonds. The Hall–Kier alpha value is -9.88. The molecule has 4 aliphatic carbocycles. The van der Waals surface area contributed by atoms with Crippen LogP contribution in [-0.4, -0.2) is 244 Å². The number of aliphatic carboxylic acids is 1. The van der Waals surface area contributed by atoms with Crippen LogP contribution in [-0.2, 0) is 88.0 Å². The summed E-state index contributed by atoms with van der Waals surface area (Å²) in [4.78, 5) is 128. The molecule has 4 saturated carbocycles. The number of carbonyl (C=O) groups excluding carboxylic acids is 7. The lowest BCUT2D eigenvalue weighted by molar-refractivity contribution is -0.271. The van der Waals surface area contributed by atoms with E-state index in [0.717, 1.165) is 82.6 Å². The van der Waals surface area contributed by atoms with Crippen LogP contribution in [0.1, 0.15) is 115 Å². The number of amides is 7. The predicted molar refractivity (Wildman–Crippen MR) is 403 cm³/mol. The average molecular weight is 1570 g/mol. The Morgan fingerprint density at radius 1 is 0.705 bits per heavy atom. The highest BCUT2D eigenvalue weighted by atomic mass is 32.1. The summed E-state index contributed by atoms with van der Waals surface area (Å²) < 4.78 is 48.8. The normalized spacial score (nSPS) is 23.6. The predicted octanol–water partition coefficient (Wildman–Crippen LogP) is 5.38. The number of carbonyl (C=O) groups is 9. The Labute approximate surface area is 649 Å². The molecule has 0 spiro atoms. The molecule has 600 valence electrons. The molecule has 1 saturated heterocycles. The number of nitrogens with zero attached hydrogens (tertiary/aromatic N) is 7. The van der Waals surface area contributed by atoms with Gasteiger partial charge in [0, 0.05) is 107 Å². The Morgan fingerprint density at radius 2 is 1.40 bits per heavy atom. The van der Waals surface area contributed by atoms with Crippen molar-refractivity contribution in [1.82, 2.24) is 40.2 Å². The number of rotatable bonds is 38. The van der Waals surface area contributed by atoms with Gasteiger partial charge in [-0.1, -0.05) is 55.5 Å². The van der Waals surface area contributed by atoms with Gasteiger partial charge in [-0.2, -0.15) is 5.10 Å². The Kier molecular flexibility index (Phi) is 26.1. The highest BCUT2D eigenvalue weighted by Crippen LogP contribution is 2.72. The molecule has 5 fully saturated rings. The van der Waals surface area contributed by atoms with Crippen LogP contribution < -0.4 is 30.9 Å². The smallest absolute Gasteiger partial charge is 0.409 e. The largest absolute Gasteiger partial charge is 0.479 e. The number of carboxylic acid groups (broad SMARTS) is 2. The van der Waals surface area contributed by atoms with Crippen molar-refractivity contribution < 1.29 is 107 Å². The maximum atomic E-state index is 13.8. The number of aliphatic hydroxyl groups excluding tert-OH is 3. The summed E-state index contributed by atoms with van der Waals surface area (Å²) in [7, 11) is 1.59. The third-order valence-corrected chi connectivity index (χ3v) is 22.1. The van der Waals surface area contributed by atoms with Crippen molar-refractivity contribution in [3.05, 3.63) is 125 Å². The summed E-state index contributed by atoms with van der Waals surface area (Å²) in [6.07, 6.45) is -0.722. The van der Waals surface area contributed by atoms with Crippen molar-refractivity contribution in [2.75, 3.05) is 115 Å². The SMILES string of the molecule is Cc1c(-c2ccc(N3CCc4cccc(C(=O)Nc5nc6ccccc6s5)c4C3)nc2C(=O)O)cnn1CC12CC3(C)CC(C)(C1)CC(OCCN(C)C(=O)OCc1ccc(O[C@@H]4O[C@H](C(=O)O)[C@@H](O)[C@H](O)[C@H]4O)c(NC(=O)CCNC(=O)CCOCCOCCOCCOCCNC(=O)CCN4C(=O)C=CC4=O)c1)(C3)C2. The Morgan fingerprint density at radius 3 is 2.12 bits per heavy atom. The molecule has 9 N–H and O–H groups in total. The maximum Gasteiger partial charge on any atom is 0.409 e. The number of nitrogens with one attached hydrogen (secondary N) is 4. The van der Waals surface area contributed by atoms with E-state index in [9.17, 15) is 68.7 Å². The summed E-state index contributed by atoms with van der Waals surface area (Å²) in [6, 6.07) is 21.3. The summed E-state index contributed by atoms with van der Waals surface area (Å²) >= 11 is 1.40. The third-order valence-electron chi connectivity index (χ3n) is 21.1. The van der Waals surface area contributed by atoms with Gasteiger partial charge in [0.1, 0.15) is 36.5 Å². The molecule has 2 unspecified atom stereocenters. The lowest BCUT2D eigenvalue weighted by Crippen LogP contribution is -2.64. The van der Waals surface area contributed by atoms with Crippen molar-refractivity contribution in [2.45, 2.75) is 141 Å². The van der Waals surface area contributed by atoms with Crippen LogP contribution in [0.4, 0.5) is 21.4 Å². The van der Waals surface area contributed by atoms with Crippen LogP contribution in [0.5, 0.6) is 5.75 Å². The molecule has 34 heteroatoms. The van der Waals surface area contributed by atoms with E-state index in [1.807, 2.05) is 59.0 Å². The first-order chi connectivity index (χ1) is 53.7. The highest BCUT2D eigenvalue weighted by Gasteiger charge is 2.66. The van der Waals surface area contributed by atoms with Crippen molar-refractivity contribution >= 4 is 91.7 Å². The first kappa shape index (κ1) is 81.6. The van der Waals surface area contributed by atoms with E-state index in [-0.39, 0.29) is 157 Å². The molecule has 112 heavy (non-hydrogen) atoms. The molecule has 0 radical (unpaired) electrons. The minimum atomic E-state index is -2.00. The molecule has 33 nitrogen and oxygen atoms in total. The number of benzene rings is 3. The number of aromatic carboxylic acids is 1. The quantitative estimate of drug-likeness (QED) is 0.0173. The standard InChI is InChI=1S/C78H95N11O22S/c1-47-52(50-13-15-58(84-64(50)70(99)100)87-24-19-49-8-7-9-51(53(49)38-87)69(98)85-73-83-54-10-5-6-11-57(54)112-73)37-81-89(47)46-77-41-75(2)40-76(3,42-77)44-78(43-75,45-77)109-29-26-86(4)74(103)108-39-48-12-14-56(110-72-67(97)65(95)66(96)68(111-72)71(101)102)55(36-48)82-61(92)18-22-79-60(91)21-27-104-30-32-106-34-35-107-33-31-105-28-23-80-59(90)20-25-88-62(93)16-17-63(88)94/h5-17,36-37,65-68,72,95-97H,18-35,38-46H2,1-4H3,(H,79,91)(H,80,90)(H,82,92)(H,99,100)(H,101,102)(H,83,85,98)/t65-,66-,67+,68-,72+,75?,76?,77?,78?/m0/s1. The number of thiazole rings is 1. The number of pyridine rings is 1. The molecular weight excluding hydrogens is 1470 g/mol. The van der Waals surface area contributed by atoms with E-state index < -0.39 is 78.0 Å². The van der Waals surface area contributed by atoms with E-state index in [4.69, 9.17) is 48.0 Å². The molecule has 3 aromatic carbocycles. The topological polar surface area (TPSA) is 430 Å². The molecule has 3 aliphatic heterocycles. The summed E-state index contributed by atoms with van der Waals surface area (Å²) in [5.74, 6) is -5.00. The number of aliphatic hydroxyl groups is 3. The van der Waals surface area contributed by atoms with Crippen LogP contribution in [0.15, 0.2) is 91.1 Å². The zero-order valence-corrected chi connectivity index (χ0v) is 63.7. The number of para-hydroxylation sites is 1. The second kappa shape index (κ2) is 35.9. The van der Waals surface area contributed by atoms with Gasteiger partial charge in [-0.15, -0.1) is 0 Å². The number of imide groups is 1. The molecule has 3 aromatic heterocycles. The van der Waals surface area contributed by atoms with E-state index >= 15 is 0 Å². The molecule has 13 rings (SSSR count). The third kappa shape index (κ3) is 19.9. The molecule has 4 bridgehead atoms. The van der Waals surface area contributed by atoms with E-state index in [0.29, 0.717) is 59.3 Å². The van der Waals surface area contributed by atoms with Gasteiger partial charge in [0.25, 0.3) is 17.7 Å².